The number of hydrogen-bond donors (Lipinski definition) is 0. The highest BCUT2D eigenvalue weighted by Gasteiger charge is 2.32. The summed E-state index contributed by atoms with van der Waals surface area (Å²) in [5, 5.41) is 0. The van der Waals surface area contributed by atoms with E-state index in [-0.39, 0.29) is 6.09 Å². The van der Waals surface area contributed by atoms with Gasteiger partial charge in [-0.25, -0.2) is 9.78 Å². The Balaban J connectivity index is 2.32. The van der Waals surface area contributed by atoms with Crippen molar-refractivity contribution in [2.24, 2.45) is 0 Å². The topological polar surface area (TPSA) is 45.7 Å². The van der Waals surface area contributed by atoms with Gasteiger partial charge in [-0.3, -0.25) is 9.80 Å². The Kier molecular flexibility index (Phi) is 8.08. The molecule has 0 unspecified atom stereocenters. The van der Waals surface area contributed by atoms with Gasteiger partial charge in [-0.1, -0.05) is 32.8 Å². The fraction of sp³-hybridized carbons (Fsp3) is 0.727. The van der Waals surface area contributed by atoms with Gasteiger partial charge in [-0.2, -0.15) is 0 Å². The number of pyridine rings is 1. The lowest BCUT2D eigenvalue weighted by molar-refractivity contribution is 0.0578. The first-order valence-corrected chi connectivity index (χ1v) is 10.6. The van der Waals surface area contributed by atoms with Crippen LogP contribution < -0.4 is 4.90 Å². The molecule has 1 saturated heterocycles. The van der Waals surface area contributed by atoms with Crippen molar-refractivity contribution in [1.29, 1.82) is 0 Å². The van der Waals surface area contributed by atoms with E-state index < -0.39 is 5.60 Å². The summed E-state index contributed by atoms with van der Waals surface area (Å²) in [4.78, 5) is 21.9. The van der Waals surface area contributed by atoms with Crippen molar-refractivity contribution >= 4 is 11.9 Å². The number of anilines is 1. The standard InChI is InChI=1S/C22H37N3O2/c1-6-8-15-24-16-11-13-19(24)18-12-10-14-23-20(18)25(17-9-7-2)21(26)27-22(3,4)5/h10,12,14,19H,6-9,11,13,15-17H2,1-5H3/t19-/m1/s1. The zero-order valence-electron chi connectivity index (χ0n) is 17.8. The largest absolute Gasteiger partial charge is 0.443 e. The van der Waals surface area contributed by atoms with Crippen molar-refractivity contribution in [3.05, 3.63) is 23.9 Å². The molecule has 0 aliphatic carbocycles. The monoisotopic (exact) mass is 375 g/mol. The molecule has 0 radical (unpaired) electrons. The molecule has 1 aliphatic heterocycles. The fourth-order valence-electron chi connectivity index (χ4n) is 3.62. The Morgan fingerprint density at radius 3 is 2.70 bits per heavy atom. The minimum absolute atomic E-state index is 0.297. The zero-order valence-corrected chi connectivity index (χ0v) is 17.8. The maximum atomic E-state index is 12.9. The van der Waals surface area contributed by atoms with Gasteiger partial charge in [-0.15, -0.1) is 0 Å². The molecule has 5 heteroatoms. The SMILES string of the molecule is CCCCN(C(=O)OC(C)(C)C)c1ncccc1[C@H]1CCCN1CCCC. The van der Waals surface area contributed by atoms with Gasteiger partial charge in [-0.05, 0) is 65.6 Å². The number of carbonyl (C=O) groups excluding carboxylic acids is 1. The third-order valence-corrected chi connectivity index (χ3v) is 4.94. The van der Waals surface area contributed by atoms with Gasteiger partial charge in [0, 0.05) is 24.3 Å². The molecule has 1 aromatic heterocycles. The molecule has 0 saturated carbocycles. The van der Waals surface area contributed by atoms with E-state index in [2.05, 4.69) is 29.8 Å². The third-order valence-electron chi connectivity index (χ3n) is 4.94. The van der Waals surface area contributed by atoms with Crippen LogP contribution in [0.5, 0.6) is 0 Å². The van der Waals surface area contributed by atoms with Crippen molar-refractivity contribution in [3.8, 4) is 0 Å². The Morgan fingerprint density at radius 2 is 2.04 bits per heavy atom. The lowest BCUT2D eigenvalue weighted by Gasteiger charge is -2.31. The summed E-state index contributed by atoms with van der Waals surface area (Å²) in [6, 6.07) is 4.47. The van der Waals surface area contributed by atoms with Crippen molar-refractivity contribution in [1.82, 2.24) is 9.88 Å². The van der Waals surface area contributed by atoms with Gasteiger partial charge < -0.3 is 4.74 Å². The fourth-order valence-corrected chi connectivity index (χ4v) is 3.62. The van der Waals surface area contributed by atoms with E-state index in [1.54, 1.807) is 11.1 Å². The predicted octanol–water partition coefficient (Wildman–Crippen LogP) is 5.56. The highest BCUT2D eigenvalue weighted by atomic mass is 16.6. The number of likely N-dealkylation sites (tertiary alicyclic amines) is 1. The molecule has 1 atom stereocenters. The average Bonchev–Trinajstić information content (AvgIpc) is 3.07. The summed E-state index contributed by atoms with van der Waals surface area (Å²) in [7, 11) is 0. The van der Waals surface area contributed by atoms with Crippen LogP contribution in [0.25, 0.3) is 0 Å². The van der Waals surface area contributed by atoms with Crippen LogP contribution in [0.1, 0.15) is 84.7 Å². The van der Waals surface area contributed by atoms with Crippen LogP contribution >= 0.6 is 0 Å². The molecule has 0 spiro atoms. The second kappa shape index (κ2) is 10.1. The predicted molar refractivity (Wildman–Crippen MR) is 111 cm³/mol. The Labute approximate surface area is 165 Å². The van der Waals surface area contributed by atoms with Gasteiger partial charge in [0.1, 0.15) is 11.4 Å². The van der Waals surface area contributed by atoms with Gasteiger partial charge in [0.2, 0.25) is 0 Å². The summed E-state index contributed by atoms with van der Waals surface area (Å²) in [5.41, 5.74) is 0.643. The molecule has 5 nitrogen and oxygen atoms in total. The Hall–Kier alpha value is -1.62. The first kappa shape index (κ1) is 21.7. The molecular formula is C22H37N3O2. The smallest absolute Gasteiger partial charge is 0.416 e. The minimum atomic E-state index is -0.517. The van der Waals surface area contributed by atoms with Crippen molar-refractivity contribution < 1.29 is 9.53 Å². The molecule has 0 bridgehead atoms. The highest BCUT2D eigenvalue weighted by Crippen LogP contribution is 2.37. The lowest BCUT2D eigenvalue weighted by Crippen LogP contribution is -2.39. The van der Waals surface area contributed by atoms with Crippen molar-refractivity contribution in [2.45, 2.75) is 84.8 Å². The number of amides is 1. The van der Waals surface area contributed by atoms with Gasteiger partial charge in [0.25, 0.3) is 0 Å². The summed E-state index contributed by atoms with van der Waals surface area (Å²) in [6.07, 6.45) is 8.17. The number of ether oxygens (including phenoxy) is 1. The van der Waals surface area contributed by atoms with Crippen molar-refractivity contribution in [2.75, 3.05) is 24.5 Å². The first-order chi connectivity index (χ1) is 12.9. The molecule has 2 rings (SSSR count). The second-order valence-electron chi connectivity index (χ2n) is 8.45. The summed E-state index contributed by atoms with van der Waals surface area (Å²) in [6.45, 7) is 13.0. The van der Waals surface area contributed by atoms with Crippen LogP contribution in [-0.4, -0.2) is 41.2 Å². The Morgan fingerprint density at radius 1 is 1.30 bits per heavy atom. The van der Waals surface area contributed by atoms with Crippen LogP contribution in [0.15, 0.2) is 18.3 Å². The number of unbranched alkanes of at least 4 members (excludes halogenated alkanes) is 2. The van der Waals surface area contributed by atoms with E-state index in [4.69, 9.17) is 4.74 Å². The van der Waals surface area contributed by atoms with E-state index in [0.29, 0.717) is 12.6 Å². The first-order valence-electron chi connectivity index (χ1n) is 10.6. The molecule has 1 amide bonds. The molecule has 0 aromatic carbocycles. The van der Waals surface area contributed by atoms with E-state index in [9.17, 15) is 4.79 Å². The number of rotatable bonds is 8. The minimum Gasteiger partial charge on any atom is -0.443 e. The third kappa shape index (κ3) is 6.20. The number of nitrogens with zero attached hydrogens (tertiary/aromatic N) is 3. The highest BCUT2D eigenvalue weighted by molar-refractivity contribution is 5.87. The molecule has 27 heavy (non-hydrogen) atoms. The van der Waals surface area contributed by atoms with Crippen molar-refractivity contribution in [3.63, 3.8) is 0 Å². The van der Waals surface area contributed by atoms with E-state index in [1.165, 1.54) is 19.3 Å². The summed E-state index contributed by atoms with van der Waals surface area (Å²) in [5.74, 6) is 0.772. The molecule has 1 aromatic rings. The van der Waals surface area contributed by atoms with E-state index in [1.807, 2.05) is 26.8 Å². The van der Waals surface area contributed by atoms with E-state index in [0.717, 1.165) is 43.7 Å². The van der Waals surface area contributed by atoms with Crippen LogP contribution in [0.3, 0.4) is 0 Å². The van der Waals surface area contributed by atoms with Crippen LogP contribution in [0, 0.1) is 0 Å². The van der Waals surface area contributed by atoms with Crippen LogP contribution in [0.4, 0.5) is 10.6 Å². The average molecular weight is 376 g/mol. The number of aromatic nitrogens is 1. The maximum Gasteiger partial charge on any atom is 0.416 e. The molecule has 152 valence electrons. The quantitative estimate of drug-likeness (QED) is 0.597. The van der Waals surface area contributed by atoms with Gasteiger partial charge in [0.15, 0.2) is 0 Å². The molecule has 2 heterocycles. The molecule has 0 N–H and O–H groups in total. The number of hydrogen-bond acceptors (Lipinski definition) is 4. The van der Waals surface area contributed by atoms with E-state index >= 15 is 0 Å². The maximum absolute atomic E-state index is 12.9. The van der Waals surface area contributed by atoms with Gasteiger partial charge in [0.05, 0.1) is 0 Å². The number of carbonyl (C=O) groups is 1. The lowest BCUT2D eigenvalue weighted by atomic mass is 10.0. The van der Waals surface area contributed by atoms with Crippen LogP contribution in [-0.2, 0) is 4.74 Å². The molecule has 1 aliphatic rings. The summed E-state index contributed by atoms with van der Waals surface area (Å²) >= 11 is 0. The second-order valence-corrected chi connectivity index (χ2v) is 8.45. The normalized spacial score (nSPS) is 17.9. The summed E-state index contributed by atoms with van der Waals surface area (Å²) < 4.78 is 5.69. The zero-order chi connectivity index (χ0) is 19.9. The molecule has 1 fully saturated rings. The van der Waals surface area contributed by atoms with Crippen LogP contribution in [0.2, 0.25) is 0 Å². The molecular weight excluding hydrogens is 338 g/mol. The van der Waals surface area contributed by atoms with Gasteiger partial charge >= 0.3 is 6.09 Å². The Bertz CT molecular complexity index is 597.